The highest BCUT2D eigenvalue weighted by atomic mass is 16.6. The fraction of sp³-hybridized carbons (Fsp3) is 0.807. The van der Waals surface area contributed by atoms with E-state index in [0.29, 0.717) is 19.3 Å². The van der Waals surface area contributed by atoms with Crippen LogP contribution in [0.25, 0.3) is 0 Å². The number of esters is 3. The van der Waals surface area contributed by atoms with Gasteiger partial charge in [0.05, 0.1) is 0 Å². The lowest BCUT2D eigenvalue weighted by Crippen LogP contribution is -2.30. The average molecular weight is 883 g/mol. The third-order valence-electron chi connectivity index (χ3n) is 11.8. The average Bonchev–Trinajstić information content (AvgIpc) is 3.28. The number of ether oxygens (including phenoxy) is 3. The Hall–Kier alpha value is -2.63. The van der Waals surface area contributed by atoms with Crippen molar-refractivity contribution in [3.63, 3.8) is 0 Å². The fourth-order valence-electron chi connectivity index (χ4n) is 7.79. The van der Waals surface area contributed by atoms with Gasteiger partial charge in [0.15, 0.2) is 6.10 Å². The molecule has 0 saturated heterocycles. The number of carbonyl (C=O) groups is 3. The zero-order chi connectivity index (χ0) is 45.8. The molecule has 0 bridgehead atoms. The predicted octanol–water partition coefficient (Wildman–Crippen LogP) is 17.9. The third kappa shape index (κ3) is 50.2. The van der Waals surface area contributed by atoms with E-state index in [1.165, 1.54) is 141 Å². The lowest BCUT2D eigenvalue weighted by molar-refractivity contribution is -0.167. The minimum absolute atomic E-state index is 0.0772. The van der Waals surface area contributed by atoms with Crippen LogP contribution < -0.4 is 0 Å². The first kappa shape index (κ1) is 60.4. The summed E-state index contributed by atoms with van der Waals surface area (Å²) in [6, 6.07) is 0. The summed E-state index contributed by atoms with van der Waals surface area (Å²) < 4.78 is 16.8. The van der Waals surface area contributed by atoms with Crippen molar-refractivity contribution in [2.75, 3.05) is 13.2 Å². The fourth-order valence-corrected chi connectivity index (χ4v) is 7.79. The van der Waals surface area contributed by atoms with Crippen molar-refractivity contribution < 1.29 is 28.6 Å². The van der Waals surface area contributed by atoms with Gasteiger partial charge in [-0.3, -0.25) is 14.4 Å². The largest absolute Gasteiger partial charge is 0.462 e. The minimum atomic E-state index is -0.778. The van der Waals surface area contributed by atoms with E-state index in [9.17, 15) is 14.4 Å². The Morgan fingerprint density at radius 2 is 0.619 bits per heavy atom. The van der Waals surface area contributed by atoms with Crippen LogP contribution in [0.2, 0.25) is 0 Å². The van der Waals surface area contributed by atoms with Gasteiger partial charge in [-0.05, 0) is 57.8 Å². The quantitative estimate of drug-likeness (QED) is 0.0262. The predicted molar refractivity (Wildman–Crippen MR) is 270 cm³/mol. The van der Waals surface area contributed by atoms with Crippen molar-refractivity contribution in [2.24, 2.45) is 0 Å². The molecule has 63 heavy (non-hydrogen) atoms. The molecule has 0 rings (SSSR count). The highest BCUT2D eigenvalue weighted by Crippen LogP contribution is 2.16. The summed E-state index contributed by atoms with van der Waals surface area (Å²) in [5.41, 5.74) is 0. The van der Waals surface area contributed by atoms with Gasteiger partial charge < -0.3 is 14.2 Å². The maximum atomic E-state index is 12.8. The van der Waals surface area contributed by atoms with Crippen LogP contribution in [0, 0.1) is 0 Å². The Bertz CT molecular complexity index is 1110. The number of hydrogen-bond acceptors (Lipinski definition) is 6. The molecule has 0 aromatic rings. The van der Waals surface area contributed by atoms with Gasteiger partial charge in [0, 0.05) is 19.3 Å². The second-order valence-corrected chi connectivity index (χ2v) is 18.1. The first-order valence-electron chi connectivity index (χ1n) is 27.1. The summed E-state index contributed by atoms with van der Waals surface area (Å²) >= 11 is 0. The molecule has 0 aliphatic carbocycles. The second-order valence-electron chi connectivity index (χ2n) is 18.1. The summed E-state index contributed by atoms with van der Waals surface area (Å²) in [5.74, 6) is -0.890. The standard InChI is InChI=1S/C57H102O6/c1-4-7-10-13-16-19-22-24-26-28-30-32-35-38-41-44-47-50-56(59)62-53-54(52-61-55(58)49-46-43-40-37-34-21-18-15-12-9-6-3)63-57(60)51-48-45-42-39-36-33-31-29-27-25-23-20-17-14-11-8-5-2/h7,10,16,19,24,26,30,32,54H,4-6,8-9,11-15,17-18,20-23,25,27-29,31,33-53H2,1-3H3/b10-7-,19-16-,26-24-,32-30-/t54-/m0/s1. The zero-order valence-electron chi connectivity index (χ0n) is 41.8. The molecule has 1 atom stereocenters. The number of rotatable bonds is 49. The zero-order valence-corrected chi connectivity index (χ0v) is 41.8. The molecule has 0 spiro atoms. The van der Waals surface area contributed by atoms with E-state index < -0.39 is 6.10 Å². The Kier molecular flexibility index (Phi) is 49.8. The highest BCUT2D eigenvalue weighted by molar-refractivity contribution is 5.71. The minimum Gasteiger partial charge on any atom is -0.462 e. The normalized spacial score (nSPS) is 12.4. The van der Waals surface area contributed by atoms with Gasteiger partial charge >= 0.3 is 17.9 Å². The first-order chi connectivity index (χ1) is 31.0. The number of unbranched alkanes of at least 4 members (excludes halogenated alkanes) is 30. The van der Waals surface area contributed by atoms with Gasteiger partial charge in [-0.15, -0.1) is 0 Å². The molecule has 366 valence electrons. The van der Waals surface area contributed by atoms with Crippen molar-refractivity contribution in [3.05, 3.63) is 48.6 Å². The lowest BCUT2D eigenvalue weighted by Gasteiger charge is -2.18. The van der Waals surface area contributed by atoms with Gasteiger partial charge in [0.1, 0.15) is 13.2 Å². The molecule has 0 unspecified atom stereocenters. The van der Waals surface area contributed by atoms with Gasteiger partial charge in [0.25, 0.3) is 0 Å². The lowest BCUT2D eigenvalue weighted by atomic mass is 10.0. The van der Waals surface area contributed by atoms with E-state index in [1.807, 2.05) is 0 Å². The SMILES string of the molecule is CC/C=C\C/C=C\C/C=C\C/C=C\CCCCCCC(=O)OC[C@H](COC(=O)CCCCCCCCCCCCC)OC(=O)CCCCCCCCCCCCCCCCCCC. The third-order valence-corrected chi connectivity index (χ3v) is 11.8. The van der Waals surface area contributed by atoms with E-state index in [-0.39, 0.29) is 31.1 Å². The van der Waals surface area contributed by atoms with E-state index in [1.54, 1.807) is 0 Å². The Morgan fingerprint density at radius 3 is 0.968 bits per heavy atom. The van der Waals surface area contributed by atoms with E-state index >= 15 is 0 Å². The number of hydrogen-bond donors (Lipinski definition) is 0. The van der Waals surface area contributed by atoms with Gasteiger partial charge in [-0.25, -0.2) is 0 Å². The molecule has 0 N–H and O–H groups in total. The molecule has 0 aromatic heterocycles. The Labute approximate surface area is 390 Å². The molecule has 0 amide bonds. The number of allylic oxidation sites excluding steroid dienone is 8. The van der Waals surface area contributed by atoms with Crippen LogP contribution in [-0.4, -0.2) is 37.2 Å². The van der Waals surface area contributed by atoms with Crippen LogP contribution in [0.1, 0.15) is 278 Å². The molecule has 0 aliphatic rings. The molecule has 0 fully saturated rings. The van der Waals surface area contributed by atoms with Crippen molar-refractivity contribution in [1.82, 2.24) is 0 Å². The van der Waals surface area contributed by atoms with Crippen molar-refractivity contribution in [3.8, 4) is 0 Å². The topological polar surface area (TPSA) is 78.9 Å². The molecule has 0 saturated carbocycles. The molecule has 0 heterocycles. The van der Waals surface area contributed by atoms with Crippen LogP contribution in [0.3, 0.4) is 0 Å². The second kappa shape index (κ2) is 52.0. The molecule has 0 radical (unpaired) electrons. The molecule has 0 aliphatic heterocycles. The van der Waals surface area contributed by atoms with Gasteiger partial charge in [-0.1, -0.05) is 249 Å². The summed E-state index contributed by atoms with van der Waals surface area (Å²) in [5, 5.41) is 0. The molecule has 0 aromatic carbocycles. The van der Waals surface area contributed by atoms with Crippen molar-refractivity contribution in [2.45, 2.75) is 284 Å². The smallest absolute Gasteiger partial charge is 0.306 e. The number of carbonyl (C=O) groups excluding carboxylic acids is 3. The Morgan fingerprint density at radius 1 is 0.333 bits per heavy atom. The van der Waals surface area contributed by atoms with Gasteiger partial charge in [0.2, 0.25) is 0 Å². The highest BCUT2D eigenvalue weighted by Gasteiger charge is 2.19. The van der Waals surface area contributed by atoms with Crippen LogP contribution >= 0.6 is 0 Å². The van der Waals surface area contributed by atoms with E-state index in [2.05, 4.69) is 69.4 Å². The summed E-state index contributed by atoms with van der Waals surface area (Å²) in [7, 11) is 0. The molecular formula is C57H102O6. The Balaban J connectivity index is 4.36. The van der Waals surface area contributed by atoms with E-state index in [0.717, 1.165) is 96.3 Å². The van der Waals surface area contributed by atoms with Crippen molar-refractivity contribution >= 4 is 17.9 Å². The molecule has 6 heteroatoms. The van der Waals surface area contributed by atoms with Crippen molar-refractivity contribution in [1.29, 1.82) is 0 Å². The van der Waals surface area contributed by atoms with Crippen LogP contribution in [0.4, 0.5) is 0 Å². The summed E-state index contributed by atoms with van der Waals surface area (Å²) in [6.45, 7) is 6.53. The maximum Gasteiger partial charge on any atom is 0.306 e. The first-order valence-corrected chi connectivity index (χ1v) is 27.1. The van der Waals surface area contributed by atoms with Gasteiger partial charge in [-0.2, -0.15) is 0 Å². The summed E-state index contributed by atoms with van der Waals surface area (Å²) in [4.78, 5) is 38.0. The monoisotopic (exact) mass is 883 g/mol. The molecular weight excluding hydrogens is 781 g/mol. The summed E-state index contributed by atoms with van der Waals surface area (Å²) in [6.07, 6.45) is 62.4. The maximum absolute atomic E-state index is 12.8. The van der Waals surface area contributed by atoms with Crippen LogP contribution in [-0.2, 0) is 28.6 Å². The molecule has 6 nitrogen and oxygen atoms in total. The van der Waals surface area contributed by atoms with E-state index in [4.69, 9.17) is 14.2 Å². The van der Waals surface area contributed by atoms with Crippen LogP contribution in [0.5, 0.6) is 0 Å². The van der Waals surface area contributed by atoms with Crippen LogP contribution in [0.15, 0.2) is 48.6 Å².